The van der Waals surface area contributed by atoms with Crippen LogP contribution >= 0.6 is 11.6 Å². The van der Waals surface area contributed by atoms with Crippen molar-refractivity contribution in [2.75, 3.05) is 23.3 Å². The predicted octanol–water partition coefficient (Wildman–Crippen LogP) is 4.61. The maximum atomic E-state index is 14.9. The number of nitrogens with one attached hydrogen (secondary N) is 1. The molecule has 2 aliphatic heterocycles. The number of alkyl halides is 2. The fourth-order valence-corrected chi connectivity index (χ4v) is 4.92. The minimum atomic E-state index is -3.17. The Hall–Kier alpha value is -4.04. The quantitative estimate of drug-likeness (QED) is 0.480. The number of ether oxygens (including phenoxy) is 1. The SMILES string of the molecule is C=CC(=O)N1C[C@@H]2C[C@H]1CN2c1ccc2ncc(C#N)c(Nc3ccc(OC(F)F)c(Cl)c3F)c2n1. The van der Waals surface area contributed by atoms with E-state index in [0.717, 1.165) is 12.5 Å². The van der Waals surface area contributed by atoms with Crippen LogP contribution in [-0.4, -0.2) is 52.6 Å². The number of hydrogen-bond donors (Lipinski definition) is 1. The molecular formula is C24H18ClF3N6O2. The fraction of sp³-hybridized carbons (Fsp3) is 0.250. The van der Waals surface area contributed by atoms with Crippen molar-refractivity contribution in [3.05, 3.63) is 59.5 Å². The highest BCUT2D eigenvalue weighted by Crippen LogP contribution is 2.38. The highest BCUT2D eigenvalue weighted by atomic mass is 35.5. The third kappa shape index (κ3) is 4.03. The van der Waals surface area contributed by atoms with Crippen molar-refractivity contribution in [3.63, 3.8) is 0 Å². The Balaban J connectivity index is 1.51. The number of likely N-dealkylation sites (tertiary alicyclic amines) is 1. The van der Waals surface area contributed by atoms with Crippen LogP contribution in [-0.2, 0) is 4.79 Å². The molecule has 2 aliphatic rings. The summed E-state index contributed by atoms with van der Waals surface area (Å²) in [5.41, 5.74) is 0.904. The van der Waals surface area contributed by atoms with Crippen molar-refractivity contribution in [2.24, 2.45) is 0 Å². The van der Waals surface area contributed by atoms with Crippen LogP contribution in [0.2, 0.25) is 5.02 Å². The zero-order valence-corrected chi connectivity index (χ0v) is 19.3. The first-order valence-corrected chi connectivity index (χ1v) is 11.3. The van der Waals surface area contributed by atoms with Crippen LogP contribution in [0.25, 0.3) is 11.0 Å². The number of piperazine rings is 1. The summed E-state index contributed by atoms with van der Waals surface area (Å²) in [5, 5.41) is 11.9. The van der Waals surface area contributed by atoms with E-state index in [-0.39, 0.29) is 34.9 Å². The smallest absolute Gasteiger partial charge is 0.387 e. The van der Waals surface area contributed by atoms with Gasteiger partial charge >= 0.3 is 6.61 Å². The molecule has 2 saturated heterocycles. The Bertz CT molecular complexity index is 1430. The second-order valence-corrected chi connectivity index (χ2v) is 8.71. The van der Waals surface area contributed by atoms with Gasteiger partial charge in [0, 0.05) is 19.3 Å². The van der Waals surface area contributed by atoms with Crippen LogP contribution in [0, 0.1) is 17.1 Å². The predicted molar refractivity (Wildman–Crippen MR) is 127 cm³/mol. The first-order chi connectivity index (χ1) is 17.3. The van der Waals surface area contributed by atoms with E-state index in [1.54, 1.807) is 17.0 Å². The lowest BCUT2D eigenvalue weighted by atomic mass is 10.1. The van der Waals surface area contributed by atoms with Gasteiger partial charge in [0.25, 0.3) is 0 Å². The lowest BCUT2D eigenvalue weighted by Crippen LogP contribution is -2.48. The highest BCUT2D eigenvalue weighted by molar-refractivity contribution is 6.32. The lowest BCUT2D eigenvalue weighted by Gasteiger charge is -2.34. The standard InChI is InChI=1S/C24H18ClF3N6O2/c1-2-19(35)34-11-13-7-14(34)10-33(13)18-6-4-16-23(32-18)22(12(8-29)9-30-16)31-15-3-5-17(36-24(27)28)20(25)21(15)26/h2-6,9,13-14,24H,1,7,10-11H2,(H,30,31)/t13-,14-/m0/s1. The van der Waals surface area contributed by atoms with E-state index in [9.17, 15) is 23.2 Å². The van der Waals surface area contributed by atoms with Gasteiger partial charge < -0.3 is 19.9 Å². The van der Waals surface area contributed by atoms with Gasteiger partial charge in [-0.1, -0.05) is 18.2 Å². The van der Waals surface area contributed by atoms with Gasteiger partial charge in [0.05, 0.1) is 34.5 Å². The molecule has 12 heteroatoms. The summed E-state index contributed by atoms with van der Waals surface area (Å²) in [5.74, 6) is -1.01. The molecule has 5 rings (SSSR count). The minimum absolute atomic E-state index is 0.0457. The zero-order valence-electron chi connectivity index (χ0n) is 18.6. The largest absolute Gasteiger partial charge is 0.433 e. The Kier molecular flexibility index (Phi) is 6.05. The molecule has 1 amide bonds. The van der Waals surface area contributed by atoms with Gasteiger partial charge in [0.15, 0.2) is 5.82 Å². The van der Waals surface area contributed by atoms with Crippen molar-refractivity contribution >= 4 is 45.7 Å². The van der Waals surface area contributed by atoms with Crippen LogP contribution in [0.3, 0.4) is 0 Å². The average Bonchev–Trinajstić information content (AvgIpc) is 3.49. The number of nitrogens with zero attached hydrogens (tertiary/aromatic N) is 5. The van der Waals surface area contributed by atoms with Crippen molar-refractivity contribution < 1.29 is 22.7 Å². The number of amides is 1. The maximum absolute atomic E-state index is 14.9. The van der Waals surface area contributed by atoms with Crippen molar-refractivity contribution in [1.29, 1.82) is 5.26 Å². The molecule has 184 valence electrons. The molecule has 0 spiro atoms. The molecule has 2 fully saturated rings. The van der Waals surface area contributed by atoms with E-state index < -0.39 is 23.2 Å². The van der Waals surface area contributed by atoms with E-state index in [0.29, 0.717) is 29.9 Å². The van der Waals surface area contributed by atoms with Crippen LogP contribution in [0.1, 0.15) is 12.0 Å². The summed E-state index contributed by atoms with van der Waals surface area (Å²) in [6.45, 7) is 1.53. The number of anilines is 3. The van der Waals surface area contributed by atoms with Gasteiger partial charge in [-0.15, -0.1) is 0 Å². The van der Waals surface area contributed by atoms with Crippen LogP contribution in [0.15, 0.2) is 43.1 Å². The number of nitriles is 1. The second kappa shape index (κ2) is 9.20. The number of halogens is 4. The average molecular weight is 515 g/mol. The van der Waals surface area contributed by atoms with Crippen molar-refractivity contribution in [2.45, 2.75) is 25.1 Å². The normalized spacial score (nSPS) is 18.6. The summed E-state index contributed by atoms with van der Waals surface area (Å²) in [6.07, 6.45) is 3.44. The molecule has 0 radical (unpaired) electrons. The van der Waals surface area contributed by atoms with E-state index in [1.165, 1.54) is 18.3 Å². The van der Waals surface area contributed by atoms with E-state index >= 15 is 0 Å². The van der Waals surface area contributed by atoms with Crippen LogP contribution < -0.4 is 15.0 Å². The topological polar surface area (TPSA) is 94.4 Å². The molecule has 2 aromatic heterocycles. The van der Waals surface area contributed by atoms with Gasteiger partial charge in [-0.05, 0) is 36.8 Å². The number of carbonyl (C=O) groups excluding carboxylic acids is 1. The number of aromatic nitrogens is 2. The van der Waals surface area contributed by atoms with Crippen molar-refractivity contribution in [3.8, 4) is 11.8 Å². The van der Waals surface area contributed by atoms with E-state index in [2.05, 4.69) is 26.5 Å². The summed E-state index contributed by atoms with van der Waals surface area (Å²) in [6, 6.07) is 7.96. The van der Waals surface area contributed by atoms with Gasteiger partial charge in [-0.25, -0.2) is 9.37 Å². The third-order valence-electron chi connectivity index (χ3n) is 6.33. The summed E-state index contributed by atoms with van der Waals surface area (Å²) in [4.78, 5) is 25.0. The van der Waals surface area contributed by atoms with Crippen LogP contribution in [0.5, 0.6) is 5.75 Å². The number of pyridine rings is 2. The van der Waals surface area contributed by atoms with Gasteiger partial charge in [0.2, 0.25) is 5.91 Å². The fourth-order valence-electron chi connectivity index (χ4n) is 4.71. The van der Waals surface area contributed by atoms with Gasteiger partial charge in [-0.3, -0.25) is 9.78 Å². The number of fused-ring (bicyclic) bond motifs is 3. The monoisotopic (exact) mass is 514 g/mol. The van der Waals surface area contributed by atoms with Gasteiger partial charge in [-0.2, -0.15) is 14.0 Å². The molecule has 3 aromatic rings. The third-order valence-corrected chi connectivity index (χ3v) is 6.69. The highest BCUT2D eigenvalue weighted by Gasteiger charge is 2.45. The van der Waals surface area contributed by atoms with Gasteiger partial charge in [0.1, 0.15) is 28.2 Å². The first-order valence-electron chi connectivity index (χ1n) is 10.9. The molecule has 1 aromatic carbocycles. The summed E-state index contributed by atoms with van der Waals surface area (Å²) >= 11 is 5.89. The number of benzene rings is 1. The van der Waals surface area contributed by atoms with E-state index in [1.807, 2.05) is 6.07 Å². The Morgan fingerprint density at radius 3 is 2.78 bits per heavy atom. The first kappa shape index (κ1) is 23.7. The molecule has 0 saturated carbocycles. The maximum Gasteiger partial charge on any atom is 0.387 e. The lowest BCUT2D eigenvalue weighted by molar-refractivity contribution is -0.127. The zero-order chi connectivity index (χ0) is 25.6. The number of rotatable bonds is 6. The molecular weight excluding hydrogens is 497 g/mol. The molecule has 0 aliphatic carbocycles. The Morgan fingerprint density at radius 2 is 2.11 bits per heavy atom. The molecule has 0 unspecified atom stereocenters. The Labute approximate surface area is 208 Å². The van der Waals surface area contributed by atoms with Crippen molar-refractivity contribution in [1.82, 2.24) is 14.9 Å². The molecule has 2 bridgehead atoms. The van der Waals surface area contributed by atoms with E-state index in [4.69, 9.17) is 16.6 Å². The summed E-state index contributed by atoms with van der Waals surface area (Å²) in [7, 11) is 0. The molecule has 1 N–H and O–H groups in total. The molecule has 4 heterocycles. The summed E-state index contributed by atoms with van der Waals surface area (Å²) < 4.78 is 44.2. The number of hydrogen-bond acceptors (Lipinski definition) is 7. The Morgan fingerprint density at radius 1 is 1.31 bits per heavy atom. The molecule has 2 atom stereocenters. The minimum Gasteiger partial charge on any atom is -0.433 e. The molecule has 36 heavy (non-hydrogen) atoms. The van der Waals surface area contributed by atoms with Crippen LogP contribution in [0.4, 0.5) is 30.4 Å². The number of carbonyl (C=O) groups is 1. The second-order valence-electron chi connectivity index (χ2n) is 8.33. The molecule has 8 nitrogen and oxygen atoms in total.